The number of aromatic carboxylic acids is 1. The lowest BCUT2D eigenvalue weighted by Gasteiger charge is -2.08. The number of carboxylic acids is 1. The summed E-state index contributed by atoms with van der Waals surface area (Å²) in [7, 11) is -4.80. The minimum absolute atomic E-state index is 0.0453. The molecule has 0 fully saturated rings. The number of azide groups is 1. The van der Waals surface area contributed by atoms with Crippen LogP contribution in [-0.4, -0.2) is 19.5 Å². The minimum Gasteiger partial charge on any atom is -0.478 e. The second-order valence-electron chi connectivity index (χ2n) is 3.46. The molecule has 9 heteroatoms. The van der Waals surface area contributed by atoms with Gasteiger partial charge in [0.05, 0.1) is 5.56 Å². The molecule has 0 aliphatic heterocycles. The van der Waals surface area contributed by atoms with Crippen molar-refractivity contribution < 1.29 is 22.2 Å². The first-order valence-electron chi connectivity index (χ1n) is 4.59. The van der Waals surface area contributed by atoms with Crippen LogP contribution < -0.4 is 0 Å². The molecule has 1 N–H and O–H groups in total. The summed E-state index contributed by atoms with van der Waals surface area (Å²) in [6.07, 6.45) is 0. The number of carboxylic acid groups (broad SMARTS) is 1. The highest BCUT2D eigenvalue weighted by atomic mass is 32.3. The molecule has 0 amide bonds. The quantitative estimate of drug-likeness (QED) is 0.392. The number of nitrogens with zero attached hydrogens (tertiary/aromatic N) is 3. The van der Waals surface area contributed by atoms with Crippen LogP contribution in [0, 0.1) is 6.92 Å². The van der Waals surface area contributed by atoms with Crippen molar-refractivity contribution in [2.24, 2.45) is 5.11 Å². The van der Waals surface area contributed by atoms with Crippen molar-refractivity contribution in [3.8, 4) is 0 Å². The van der Waals surface area contributed by atoms with E-state index in [1.807, 2.05) is 0 Å². The van der Waals surface area contributed by atoms with E-state index in [1.54, 1.807) is 0 Å². The van der Waals surface area contributed by atoms with Gasteiger partial charge in [0.2, 0.25) is 0 Å². The lowest BCUT2D eigenvalue weighted by molar-refractivity contribution is 0.0696. The van der Waals surface area contributed by atoms with E-state index in [2.05, 4.69) is 10.0 Å². The van der Waals surface area contributed by atoms with E-state index in [0.29, 0.717) is 0 Å². The van der Waals surface area contributed by atoms with Gasteiger partial charge in [-0.2, -0.15) is 8.42 Å². The summed E-state index contributed by atoms with van der Waals surface area (Å²) in [4.78, 5) is 13.3. The Morgan fingerprint density at radius 1 is 1.56 bits per heavy atom. The van der Waals surface area contributed by atoms with Gasteiger partial charge in [-0.15, -0.1) is 3.89 Å². The molecule has 96 valence electrons. The molecule has 7 nitrogen and oxygen atoms in total. The molecule has 0 saturated carbocycles. The fraction of sp³-hybridized carbons (Fsp3) is 0.222. The van der Waals surface area contributed by atoms with Crippen molar-refractivity contribution in [2.45, 2.75) is 12.7 Å². The van der Waals surface area contributed by atoms with E-state index in [4.69, 9.17) is 10.6 Å². The highest BCUT2D eigenvalue weighted by Gasteiger charge is 2.16. The van der Waals surface area contributed by atoms with Crippen LogP contribution >= 0.6 is 0 Å². The maximum Gasteiger partial charge on any atom is 0.335 e. The predicted octanol–water partition coefficient (Wildman–Crippen LogP) is 2.43. The molecule has 0 aliphatic carbocycles. The van der Waals surface area contributed by atoms with Gasteiger partial charge in [0.1, 0.15) is 5.75 Å². The van der Waals surface area contributed by atoms with Crippen molar-refractivity contribution >= 4 is 21.9 Å². The van der Waals surface area contributed by atoms with Crippen molar-refractivity contribution in [1.29, 1.82) is 0 Å². The van der Waals surface area contributed by atoms with Gasteiger partial charge in [-0.3, -0.25) is 0 Å². The third kappa shape index (κ3) is 3.44. The number of hydrogen-bond acceptors (Lipinski definition) is 4. The van der Waals surface area contributed by atoms with Crippen LogP contribution in [0.3, 0.4) is 0 Å². The second kappa shape index (κ2) is 5.03. The summed E-state index contributed by atoms with van der Waals surface area (Å²) in [6, 6.07) is 2.12. The van der Waals surface area contributed by atoms with E-state index < -0.39 is 21.9 Å². The van der Waals surface area contributed by atoms with Gasteiger partial charge >= 0.3 is 16.2 Å². The van der Waals surface area contributed by atoms with Gasteiger partial charge in [0.25, 0.3) is 0 Å². The summed E-state index contributed by atoms with van der Waals surface area (Å²) >= 11 is 0. The number of carbonyl (C=O) groups is 1. The van der Waals surface area contributed by atoms with E-state index in [0.717, 1.165) is 12.1 Å². The SMILES string of the molecule is Cc1c(CS(=O)(=O)F)cc(C(=O)O)cc1N=[N+]=[N-]. The van der Waals surface area contributed by atoms with Crippen LogP contribution in [0.1, 0.15) is 21.5 Å². The molecule has 0 saturated heterocycles. The first-order valence-corrected chi connectivity index (χ1v) is 6.14. The molecule has 0 heterocycles. The fourth-order valence-electron chi connectivity index (χ4n) is 1.37. The Bertz CT molecular complexity index is 650. The van der Waals surface area contributed by atoms with Crippen molar-refractivity contribution in [2.75, 3.05) is 0 Å². The van der Waals surface area contributed by atoms with Crippen molar-refractivity contribution in [1.82, 2.24) is 0 Å². The van der Waals surface area contributed by atoms with Gasteiger partial charge in [0.15, 0.2) is 0 Å². The zero-order chi connectivity index (χ0) is 13.9. The van der Waals surface area contributed by atoms with E-state index in [9.17, 15) is 17.1 Å². The number of benzene rings is 1. The molecule has 1 aromatic rings. The average molecular weight is 273 g/mol. The largest absolute Gasteiger partial charge is 0.478 e. The first-order chi connectivity index (χ1) is 8.24. The molecule has 0 atom stereocenters. The van der Waals surface area contributed by atoms with E-state index in [-0.39, 0.29) is 22.4 Å². The predicted molar refractivity (Wildman–Crippen MR) is 60.7 cm³/mol. The maximum atomic E-state index is 12.6. The van der Waals surface area contributed by atoms with Crippen LogP contribution in [0.25, 0.3) is 10.4 Å². The molecule has 1 rings (SSSR count). The monoisotopic (exact) mass is 273 g/mol. The average Bonchev–Trinajstić information content (AvgIpc) is 2.21. The molecular weight excluding hydrogens is 265 g/mol. The molecule has 0 radical (unpaired) electrons. The molecule has 1 aromatic carbocycles. The number of hydrogen-bond donors (Lipinski definition) is 1. The van der Waals surface area contributed by atoms with Crippen molar-refractivity contribution in [3.63, 3.8) is 0 Å². The first kappa shape index (κ1) is 13.9. The Morgan fingerprint density at radius 3 is 2.61 bits per heavy atom. The molecule has 0 spiro atoms. The molecule has 18 heavy (non-hydrogen) atoms. The van der Waals surface area contributed by atoms with Crippen LogP contribution in [0.2, 0.25) is 0 Å². The minimum atomic E-state index is -4.80. The lowest BCUT2D eigenvalue weighted by atomic mass is 10.0. The van der Waals surface area contributed by atoms with Crippen LogP contribution in [0.5, 0.6) is 0 Å². The standard InChI is InChI=1S/C9H8FN3O4S/c1-5-7(4-18(10,16)17)2-6(9(14)15)3-8(5)12-13-11/h2-3H,4H2,1H3,(H,14,15). The topological polar surface area (TPSA) is 120 Å². The molecule has 0 unspecified atom stereocenters. The van der Waals surface area contributed by atoms with Crippen LogP contribution in [0.4, 0.5) is 9.57 Å². The van der Waals surface area contributed by atoms with Gasteiger partial charge in [-0.05, 0) is 35.7 Å². The van der Waals surface area contributed by atoms with Crippen LogP contribution in [-0.2, 0) is 16.0 Å². The summed E-state index contributed by atoms with van der Waals surface area (Å²) in [5.74, 6) is -2.30. The fourth-order valence-corrected chi connectivity index (χ4v) is 2.04. The Hall–Kier alpha value is -2.12. The Balaban J connectivity index is 3.49. The Kier molecular flexibility index (Phi) is 3.89. The van der Waals surface area contributed by atoms with Crippen LogP contribution in [0.15, 0.2) is 17.2 Å². The smallest absolute Gasteiger partial charge is 0.335 e. The zero-order valence-corrected chi connectivity index (χ0v) is 9.98. The lowest BCUT2D eigenvalue weighted by Crippen LogP contribution is -2.03. The normalized spacial score (nSPS) is 10.8. The number of halogens is 1. The van der Waals surface area contributed by atoms with Crippen molar-refractivity contribution in [3.05, 3.63) is 39.3 Å². The third-order valence-corrected chi connectivity index (χ3v) is 2.87. The summed E-state index contributed by atoms with van der Waals surface area (Å²) in [5, 5.41) is 12.1. The highest BCUT2D eigenvalue weighted by molar-refractivity contribution is 7.85. The van der Waals surface area contributed by atoms with Gasteiger partial charge < -0.3 is 5.11 Å². The number of rotatable bonds is 4. The third-order valence-electron chi connectivity index (χ3n) is 2.22. The van der Waals surface area contributed by atoms with Gasteiger partial charge in [0, 0.05) is 10.6 Å². The van der Waals surface area contributed by atoms with E-state index >= 15 is 0 Å². The molecule has 0 aromatic heterocycles. The second-order valence-corrected chi connectivity index (χ2v) is 4.82. The van der Waals surface area contributed by atoms with E-state index in [1.165, 1.54) is 6.92 Å². The van der Waals surface area contributed by atoms with Gasteiger partial charge in [-0.1, -0.05) is 5.11 Å². The molecule has 0 bridgehead atoms. The highest BCUT2D eigenvalue weighted by Crippen LogP contribution is 2.26. The Morgan fingerprint density at radius 2 is 2.17 bits per heavy atom. The summed E-state index contributed by atoms with van der Waals surface area (Å²) in [5.41, 5.74) is 8.16. The molecule has 0 aliphatic rings. The summed E-state index contributed by atoms with van der Waals surface area (Å²) < 4.78 is 33.8. The zero-order valence-electron chi connectivity index (χ0n) is 9.16. The van der Waals surface area contributed by atoms with Gasteiger partial charge in [-0.25, -0.2) is 4.79 Å². The summed E-state index contributed by atoms with van der Waals surface area (Å²) in [6.45, 7) is 1.41. The maximum absolute atomic E-state index is 12.6. The molecular formula is C9H8FN3O4S. The Labute approximate surface area is 102 Å².